The predicted octanol–water partition coefficient (Wildman–Crippen LogP) is 3.35. The zero-order chi connectivity index (χ0) is 32.5. The molecule has 1 aliphatic rings. The van der Waals surface area contributed by atoms with Crippen LogP contribution in [0.5, 0.6) is 0 Å². The molecule has 12 nitrogen and oxygen atoms in total. The van der Waals surface area contributed by atoms with Crippen molar-refractivity contribution in [3.05, 3.63) is 65.7 Å². The monoisotopic (exact) mass is 609 g/mol. The van der Waals surface area contributed by atoms with Gasteiger partial charge >= 0.3 is 12.2 Å². The molecule has 5 amide bonds. The first-order chi connectivity index (χ1) is 20.6. The molecule has 1 fully saturated rings. The van der Waals surface area contributed by atoms with E-state index in [0.29, 0.717) is 5.69 Å². The molecule has 2 aromatic carbocycles. The lowest BCUT2D eigenvalue weighted by atomic mass is 10.0. The second-order valence-electron chi connectivity index (χ2n) is 12.6. The zero-order valence-corrected chi connectivity index (χ0v) is 26.2. The summed E-state index contributed by atoms with van der Waals surface area (Å²) in [7, 11) is 0. The molecule has 44 heavy (non-hydrogen) atoms. The molecule has 1 saturated heterocycles. The van der Waals surface area contributed by atoms with Gasteiger partial charge in [-0.25, -0.2) is 9.59 Å². The van der Waals surface area contributed by atoms with Crippen LogP contribution >= 0.6 is 0 Å². The van der Waals surface area contributed by atoms with Crippen molar-refractivity contribution in [2.24, 2.45) is 0 Å². The number of alkyl carbamates (subject to hydrolysis) is 1. The van der Waals surface area contributed by atoms with Gasteiger partial charge in [-0.15, -0.1) is 0 Å². The van der Waals surface area contributed by atoms with Gasteiger partial charge in [0.25, 0.3) is 0 Å². The molecule has 1 heterocycles. The third-order valence-corrected chi connectivity index (χ3v) is 6.30. The highest BCUT2D eigenvalue weighted by molar-refractivity contribution is 5.96. The number of likely N-dealkylation sites (tertiary alicyclic amines) is 1. The Balaban J connectivity index is 1.54. The number of hydrogen-bond acceptors (Lipinski definition) is 7. The minimum atomic E-state index is -0.987. The van der Waals surface area contributed by atoms with Gasteiger partial charge in [-0.05, 0) is 77.6 Å². The number of amides is 5. The molecule has 1 aliphatic heterocycles. The molecule has 0 unspecified atom stereocenters. The highest BCUT2D eigenvalue weighted by Crippen LogP contribution is 2.22. The Hall–Kier alpha value is -4.61. The van der Waals surface area contributed by atoms with Gasteiger partial charge in [-0.1, -0.05) is 42.5 Å². The molecule has 2 atom stereocenters. The van der Waals surface area contributed by atoms with Gasteiger partial charge in [-0.2, -0.15) is 0 Å². The van der Waals surface area contributed by atoms with E-state index >= 15 is 0 Å². The summed E-state index contributed by atoms with van der Waals surface area (Å²) in [5.41, 5.74) is 1.32. The third-order valence-electron chi connectivity index (χ3n) is 6.30. The Morgan fingerprint density at radius 3 is 1.98 bits per heavy atom. The molecule has 0 aromatic heterocycles. The Labute approximate surface area is 258 Å². The van der Waals surface area contributed by atoms with E-state index in [1.807, 2.05) is 42.5 Å². The number of anilines is 1. The Morgan fingerprint density at radius 2 is 1.36 bits per heavy atom. The highest BCUT2D eigenvalue weighted by atomic mass is 16.6. The first-order valence-electron chi connectivity index (χ1n) is 14.5. The van der Waals surface area contributed by atoms with E-state index in [-0.39, 0.29) is 26.1 Å². The number of carbonyl (C=O) groups excluding carboxylic acids is 5. The van der Waals surface area contributed by atoms with E-state index in [1.54, 1.807) is 53.7 Å². The molecule has 0 saturated carbocycles. The second-order valence-corrected chi connectivity index (χ2v) is 12.6. The summed E-state index contributed by atoms with van der Waals surface area (Å²) >= 11 is 0. The third kappa shape index (κ3) is 11.6. The molecule has 0 aliphatic carbocycles. The molecule has 12 heteroatoms. The number of carbonyl (C=O) groups is 5. The number of ether oxygens (including phenoxy) is 2. The van der Waals surface area contributed by atoms with Crippen molar-refractivity contribution in [3.63, 3.8) is 0 Å². The predicted molar refractivity (Wildman–Crippen MR) is 165 cm³/mol. The Morgan fingerprint density at radius 1 is 0.773 bits per heavy atom. The van der Waals surface area contributed by atoms with Gasteiger partial charge in [0.15, 0.2) is 0 Å². The molecular weight excluding hydrogens is 566 g/mol. The van der Waals surface area contributed by atoms with Gasteiger partial charge < -0.3 is 30.7 Å². The molecule has 0 bridgehead atoms. The van der Waals surface area contributed by atoms with Crippen LogP contribution in [-0.2, 0) is 30.3 Å². The summed E-state index contributed by atoms with van der Waals surface area (Å²) in [6, 6.07) is 15.9. The molecule has 4 N–H and O–H groups in total. The van der Waals surface area contributed by atoms with Crippen LogP contribution in [0.25, 0.3) is 0 Å². The first kappa shape index (κ1) is 33.9. The van der Waals surface area contributed by atoms with Crippen LogP contribution in [0.3, 0.4) is 0 Å². The average molecular weight is 610 g/mol. The Kier molecular flexibility index (Phi) is 11.3. The number of hydrogen-bond donors (Lipinski definition) is 4. The Bertz CT molecular complexity index is 1320. The van der Waals surface area contributed by atoms with Gasteiger partial charge in [0, 0.05) is 18.3 Å². The maximum Gasteiger partial charge on any atom is 0.411 e. The fraction of sp³-hybridized carbons (Fsp3) is 0.469. The van der Waals surface area contributed by atoms with Crippen LogP contribution in [0, 0.1) is 0 Å². The summed E-state index contributed by atoms with van der Waals surface area (Å²) < 4.78 is 10.6. The summed E-state index contributed by atoms with van der Waals surface area (Å²) in [5.74, 6) is -1.51. The smallest absolute Gasteiger partial charge is 0.411 e. The minimum absolute atomic E-state index is 0.00665. The van der Waals surface area contributed by atoms with Crippen LogP contribution in [0.15, 0.2) is 54.6 Å². The van der Waals surface area contributed by atoms with E-state index in [1.165, 1.54) is 10.5 Å². The fourth-order valence-electron chi connectivity index (χ4n) is 4.48. The van der Waals surface area contributed by atoms with Gasteiger partial charge in [-0.3, -0.25) is 19.3 Å². The topological polar surface area (TPSA) is 155 Å². The standard InChI is InChI=1S/C32H43N5O7/c1-31(2,3)43-29(41)34-19-27(39)36-24-17-25(37(20-24)30(42)44-32(4,5)6)28(40)33-18-26(38)35-23-14-12-22(13-15-23)16-21-10-8-7-9-11-21/h7-15,24-25H,16-20H2,1-6H3,(H,33,40)(H,34,41)(H,35,38)(H,36,39)/t24-,25+/m1/s1. The molecular formula is C32H43N5O7. The van der Waals surface area contributed by atoms with E-state index in [4.69, 9.17) is 9.47 Å². The lowest BCUT2D eigenvalue weighted by Gasteiger charge is -2.27. The van der Waals surface area contributed by atoms with Gasteiger partial charge in [0.1, 0.15) is 23.8 Å². The summed E-state index contributed by atoms with van der Waals surface area (Å²) in [5, 5.41) is 10.4. The largest absolute Gasteiger partial charge is 0.444 e. The number of rotatable bonds is 9. The maximum atomic E-state index is 13.2. The number of nitrogens with zero attached hydrogens (tertiary/aromatic N) is 1. The van der Waals surface area contributed by atoms with Crippen molar-refractivity contribution >= 4 is 35.6 Å². The van der Waals surface area contributed by atoms with Crippen LogP contribution in [-0.4, -0.2) is 77.7 Å². The highest BCUT2D eigenvalue weighted by Gasteiger charge is 2.42. The van der Waals surface area contributed by atoms with Crippen LogP contribution in [0.4, 0.5) is 15.3 Å². The molecule has 0 radical (unpaired) electrons. The van der Waals surface area contributed by atoms with Crippen molar-refractivity contribution in [2.75, 3.05) is 25.0 Å². The number of nitrogens with one attached hydrogen (secondary N) is 4. The van der Waals surface area contributed by atoms with E-state index < -0.39 is 53.2 Å². The van der Waals surface area contributed by atoms with E-state index in [0.717, 1.165) is 12.0 Å². The minimum Gasteiger partial charge on any atom is -0.444 e. The quantitative estimate of drug-likeness (QED) is 0.340. The van der Waals surface area contributed by atoms with Crippen molar-refractivity contribution in [3.8, 4) is 0 Å². The van der Waals surface area contributed by atoms with Crippen molar-refractivity contribution in [1.82, 2.24) is 20.9 Å². The van der Waals surface area contributed by atoms with E-state index in [9.17, 15) is 24.0 Å². The molecule has 238 valence electrons. The fourth-order valence-corrected chi connectivity index (χ4v) is 4.48. The average Bonchev–Trinajstić information content (AvgIpc) is 3.34. The zero-order valence-electron chi connectivity index (χ0n) is 26.2. The molecule has 2 aromatic rings. The van der Waals surface area contributed by atoms with Crippen molar-refractivity contribution < 1.29 is 33.4 Å². The van der Waals surface area contributed by atoms with Gasteiger partial charge in [0.05, 0.1) is 6.54 Å². The summed E-state index contributed by atoms with van der Waals surface area (Å²) in [4.78, 5) is 64.3. The first-order valence-corrected chi connectivity index (χ1v) is 14.5. The van der Waals surface area contributed by atoms with Gasteiger partial charge in [0.2, 0.25) is 17.7 Å². The van der Waals surface area contributed by atoms with E-state index in [2.05, 4.69) is 21.3 Å². The molecule has 0 spiro atoms. The maximum absolute atomic E-state index is 13.2. The summed E-state index contributed by atoms with van der Waals surface area (Å²) in [6.45, 7) is 9.57. The van der Waals surface area contributed by atoms with Crippen LogP contribution in [0.2, 0.25) is 0 Å². The van der Waals surface area contributed by atoms with Crippen molar-refractivity contribution in [1.29, 1.82) is 0 Å². The normalized spacial score (nSPS) is 16.5. The number of benzene rings is 2. The van der Waals surface area contributed by atoms with Crippen LogP contribution < -0.4 is 21.3 Å². The second kappa shape index (κ2) is 14.7. The van der Waals surface area contributed by atoms with Crippen LogP contribution in [0.1, 0.15) is 59.1 Å². The SMILES string of the molecule is CC(C)(C)OC(=O)NCC(=O)N[C@@H]1C[C@@H](C(=O)NCC(=O)Nc2ccc(Cc3ccccc3)cc2)N(C(=O)OC(C)(C)C)C1. The lowest BCUT2D eigenvalue weighted by molar-refractivity contribution is -0.127. The molecule has 3 rings (SSSR count). The van der Waals surface area contributed by atoms with Crippen molar-refractivity contribution in [2.45, 2.75) is 77.7 Å². The summed E-state index contributed by atoms with van der Waals surface area (Å²) in [6.07, 6.45) is -0.606. The lowest BCUT2D eigenvalue weighted by Crippen LogP contribution is -2.49.